The third-order valence-corrected chi connectivity index (χ3v) is 2.98. The van der Waals surface area contributed by atoms with Crippen molar-refractivity contribution in [2.24, 2.45) is 0 Å². The quantitative estimate of drug-likeness (QED) is 0.746. The maximum atomic E-state index is 11.0. The molecule has 0 bridgehead atoms. The maximum Gasteiger partial charge on any atom is 0.229 e. The van der Waals surface area contributed by atoms with Gasteiger partial charge in [-0.05, 0) is 50.1 Å². The molecule has 1 aromatic rings. The van der Waals surface area contributed by atoms with Gasteiger partial charge in [0.15, 0.2) is 0 Å². The normalized spacial score (nSPS) is 9.77. The third kappa shape index (κ3) is 2.72. The van der Waals surface area contributed by atoms with Crippen LogP contribution in [0.15, 0.2) is 22.7 Å². The summed E-state index contributed by atoms with van der Waals surface area (Å²) in [4.78, 5) is 21.9. The summed E-state index contributed by atoms with van der Waals surface area (Å²) in [5.74, 6) is 0. The Morgan fingerprint density at radius 3 is 2.15 bits per heavy atom. The second kappa shape index (κ2) is 4.48. The van der Waals surface area contributed by atoms with Crippen LogP contribution in [0.3, 0.4) is 0 Å². The zero-order chi connectivity index (χ0) is 10.0. The molecule has 0 aliphatic carbocycles. The molecule has 0 aliphatic heterocycles. The van der Waals surface area contributed by atoms with E-state index >= 15 is 0 Å². The lowest BCUT2D eigenvalue weighted by atomic mass is 10.1. The van der Waals surface area contributed by atoms with E-state index in [4.69, 9.17) is 0 Å². The molecule has 2 nitrogen and oxygen atoms in total. The van der Waals surface area contributed by atoms with Gasteiger partial charge < -0.3 is 0 Å². The van der Waals surface area contributed by atoms with Crippen molar-refractivity contribution < 1.29 is 9.59 Å². The van der Waals surface area contributed by atoms with E-state index in [1.165, 1.54) is 6.07 Å². The van der Waals surface area contributed by atoms with Gasteiger partial charge in [-0.25, -0.2) is 0 Å². The minimum atomic E-state index is -0.255. The standard InChI is InChI=1S/C8H3Br3O2/c9-6-2-1-4(7(10)12)3-5(6)8(11)13/h1-3H. The molecule has 13 heavy (non-hydrogen) atoms. The highest BCUT2D eigenvalue weighted by Crippen LogP contribution is 2.21. The van der Waals surface area contributed by atoms with Crippen molar-refractivity contribution in [2.45, 2.75) is 0 Å². The maximum absolute atomic E-state index is 11.0. The molecular weight excluding hydrogens is 368 g/mol. The van der Waals surface area contributed by atoms with Crippen molar-refractivity contribution in [3.05, 3.63) is 33.8 Å². The van der Waals surface area contributed by atoms with Crippen molar-refractivity contribution in [1.82, 2.24) is 0 Å². The summed E-state index contributed by atoms with van der Waals surface area (Å²) in [6, 6.07) is 4.79. The number of halogens is 3. The number of rotatable bonds is 2. The van der Waals surface area contributed by atoms with Gasteiger partial charge in [0.2, 0.25) is 9.39 Å². The van der Waals surface area contributed by atoms with Gasteiger partial charge in [-0.1, -0.05) is 15.9 Å². The largest absolute Gasteiger partial charge is 0.281 e. The summed E-state index contributed by atoms with van der Waals surface area (Å²) in [5, 5.41) is 0. The molecule has 1 rings (SSSR count). The van der Waals surface area contributed by atoms with E-state index in [9.17, 15) is 9.59 Å². The monoisotopic (exact) mass is 368 g/mol. The molecule has 0 saturated heterocycles. The molecule has 68 valence electrons. The number of hydrogen-bond acceptors (Lipinski definition) is 2. The first-order valence-electron chi connectivity index (χ1n) is 3.21. The predicted octanol–water partition coefficient (Wildman–Crippen LogP) is 3.52. The van der Waals surface area contributed by atoms with Crippen LogP contribution in [0.2, 0.25) is 0 Å². The highest BCUT2D eigenvalue weighted by molar-refractivity contribution is 9.18. The molecule has 0 heterocycles. The summed E-state index contributed by atoms with van der Waals surface area (Å²) in [5.41, 5.74) is 0.885. The lowest BCUT2D eigenvalue weighted by molar-refractivity contribution is 0.109. The summed E-state index contributed by atoms with van der Waals surface area (Å²) < 4.78 is 0.164. The van der Waals surface area contributed by atoms with Gasteiger partial charge in [-0.3, -0.25) is 9.59 Å². The van der Waals surface area contributed by atoms with Gasteiger partial charge in [-0.15, -0.1) is 0 Å². The summed E-state index contributed by atoms with van der Waals surface area (Å²) >= 11 is 8.83. The second-order valence-electron chi connectivity index (χ2n) is 2.24. The molecule has 0 aliphatic rings. The summed E-state index contributed by atoms with van der Waals surface area (Å²) in [6.45, 7) is 0. The van der Waals surface area contributed by atoms with Crippen molar-refractivity contribution in [2.75, 3.05) is 0 Å². The van der Waals surface area contributed by atoms with Gasteiger partial charge >= 0.3 is 0 Å². The molecule has 0 fully saturated rings. The van der Waals surface area contributed by atoms with Crippen molar-refractivity contribution in [1.29, 1.82) is 0 Å². The molecule has 5 heteroatoms. The third-order valence-electron chi connectivity index (χ3n) is 1.41. The lowest BCUT2D eigenvalue weighted by Crippen LogP contribution is -1.95. The van der Waals surface area contributed by atoms with Crippen LogP contribution in [0.1, 0.15) is 20.7 Å². The zero-order valence-corrected chi connectivity index (χ0v) is 10.9. The zero-order valence-electron chi connectivity index (χ0n) is 6.18. The van der Waals surface area contributed by atoms with Crippen LogP contribution in [0.25, 0.3) is 0 Å². The smallest absolute Gasteiger partial charge is 0.229 e. The highest BCUT2D eigenvalue weighted by Gasteiger charge is 2.09. The molecule has 0 spiro atoms. The Hall–Kier alpha value is -0.000000000000000111. The van der Waals surface area contributed by atoms with Crippen molar-refractivity contribution in [3.63, 3.8) is 0 Å². The average molecular weight is 371 g/mol. The summed E-state index contributed by atoms with van der Waals surface area (Å²) in [6.07, 6.45) is 0. The van der Waals surface area contributed by atoms with Crippen LogP contribution in [0.4, 0.5) is 0 Å². The van der Waals surface area contributed by atoms with E-state index in [1.807, 2.05) is 0 Å². The first kappa shape index (κ1) is 11.1. The minimum Gasteiger partial charge on any atom is -0.281 e. The fraction of sp³-hybridized carbons (Fsp3) is 0. The number of carbonyl (C=O) groups excluding carboxylic acids is 2. The highest BCUT2D eigenvalue weighted by atomic mass is 79.9. The Morgan fingerprint density at radius 2 is 1.69 bits per heavy atom. The molecule has 0 amide bonds. The first-order chi connectivity index (χ1) is 6.02. The van der Waals surface area contributed by atoms with Crippen LogP contribution >= 0.6 is 47.8 Å². The van der Waals surface area contributed by atoms with Gasteiger partial charge in [0, 0.05) is 15.6 Å². The van der Waals surface area contributed by atoms with Crippen molar-refractivity contribution in [3.8, 4) is 0 Å². The lowest BCUT2D eigenvalue weighted by Gasteiger charge is -2.00. The van der Waals surface area contributed by atoms with E-state index in [-0.39, 0.29) is 9.39 Å². The van der Waals surface area contributed by atoms with Crippen LogP contribution in [-0.2, 0) is 0 Å². The Kier molecular flexibility index (Phi) is 3.82. The topological polar surface area (TPSA) is 34.1 Å². The van der Waals surface area contributed by atoms with Gasteiger partial charge in [0.25, 0.3) is 0 Å². The SMILES string of the molecule is O=C(Br)c1ccc(Br)c(C(=O)Br)c1. The average Bonchev–Trinajstić information content (AvgIpc) is 2.04. The predicted molar refractivity (Wildman–Crippen MR) is 60.7 cm³/mol. The van der Waals surface area contributed by atoms with Gasteiger partial charge in [-0.2, -0.15) is 0 Å². The Morgan fingerprint density at radius 1 is 1.08 bits per heavy atom. The van der Waals surface area contributed by atoms with Crippen LogP contribution in [0, 0.1) is 0 Å². The van der Waals surface area contributed by atoms with E-state index < -0.39 is 0 Å². The molecule has 0 unspecified atom stereocenters. The van der Waals surface area contributed by atoms with Crippen LogP contribution in [0.5, 0.6) is 0 Å². The molecule has 0 atom stereocenters. The van der Waals surface area contributed by atoms with E-state index in [1.54, 1.807) is 12.1 Å². The molecular formula is C8H3Br3O2. The van der Waals surface area contributed by atoms with E-state index in [0.29, 0.717) is 15.6 Å². The second-order valence-corrected chi connectivity index (χ2v) is 4.54. The van der Waals surface area contributed by atoms with E-state index in [0.717, 1.165) is 0 Å². The van der Waals surface area contributed by atoms with E-state index in [2.05, 4.69) is 47.8 Å². The number of hydrogen-bond donors (Lipinski definition) is 0. The summed E-state index contributed by atoms with van der Waals surface area (Å²) in [7, 11) is 0. The van der Waals surface area contributed by atoms with Crippen LogP contribution < -0.4 is 0 Å². The first-order valence-corrected chi connectivity index (χ1v) is 5.59. The molecule has 0 aromatic heterocycles. The Bertz CT molecular complexity index is 374. The fourth-order valence-corrected chi connectivity index (χ4v) is 2.07. The molecule has 0 saturated carbocycles. The fourth-order valence-electron chi connectivity index (χ4n) is 0.798. The number of carbonyl (C=O) groups is 2. The Balaban J connectivity index is 3.27. The number of benzene rings is 1. The molecule has 0 N–H and O–H groups in total. The van der Waals surface area contributed by atoms with Gasteiger partial charge in [0.05, 0.1) is 0 Å². The molecule has 0 radical (unpaired) electrons. The van der Waals surface area contributed by atoms with Gasteiger partial charge in [0.1, 0.15) is 0 Å². The molecule has 1 aromatic carbocycles. The van der Waals surface area contributed by atoms with Crippen LogP contribution in [-0.4, -0.2) is 9.39 Å². The Labute approximate surface area is 100 Å². The van der Waals surface area contributed by atoms with Crippen molar-refractivity contribution >= 4 is 57.2 Å². The minimum absolute atomic E-state index is 0.241.